The maximum atomic E-state index is 13.2. The van der Waals surface area contributed by atoms with Crippen molar-refractivity contribution in [3.63, 3.8) is 0 Å². The first-order chi connectivity index (χ1) is 15.9. The SMILES string of the molecule is CCOc1cc([C@@H]2CC(=O)Nc3c2c(=O)nc(SCc2ccc(Cl)cc2)n3C)ccc1OC. The standard InChI is InChI=1S/C24H24ClN3O4S/c1-4-32-19-11-15(7-10-18(19)31-3)17-12-20(29)26-22-21(17)23(30)27-24(28(22)2)33-13-14-5-8-16(25)9-6-14/h5-11,17H,4,12-13H2,1-3H3,(H,26,29)/t17-/m0/s1. The number of thioether (sulfide) groups is 1. The molecule has 0 radical (unpaired) electrons. The molecule has 0 fully saturated rings. The number of ether oxygens (including phenoxy) is 2. The number of fused-ring (bicyclic) bond motifs is 1. The second-order valence-electron chi connectivity index (χ2n) is 7.58. The van der Waals surface area contributed by atoms with Crippen molar-refractivity contribution in [2.24, 2.45) is 7.05 Å². The van der Waals surface area contributed by atoms with Gasteiger partial charge in [0.1, 0.15) is 5.82 Å². The molecule has 1 atom stereocenters. The molecular weight excluding hydrogens is 462 g/mol. The fourth-order valence-corrected chi connectivity index (χ4v) is 4.90. The predicted molar refractivity (Wildman–Crippen MR) is 130 cm³/mol. The van der Waals surface area contributed by atoms with Crippen molar-refractivity contribution < 1.29 is 14.3 Å². The number of halogens is 1. The van der Waals surface area contributed by atoms with Gasteiger partial charge in [-0.05, 0) is 42.3 Å². The van der Waals surface area contributed by atoms with Crippen molar-refractivity contribution in [1.82, 2.24) is 9.55 Å². The Kier molecular flexibility index (Phi) is 6.95. The normalized spacial score (nSPS) is 15.0. The summed E-state index contributed by atoms with van der Waals surface area (Å²) in [5.74, 6) is 1.68. The Hall–Kier alpha value is -2.97. The van der Waals surface area contributed by atoms with Crippen molar-refractivity contribution in [3.05, 3.63) is 74.5 Å². The van der Waals surface area contributed by atoms with Gasteiger partial charge in [0.05, 0.1) is 19.3 Å². The molecular formula is C24H24ClN3O4S. The van der Waals surface area contributed by atoms with Crippen LogP contribution in [0.15, 0.2) is 52.4 Å². The molecule has 0 bridgehead atoms. The van der Waals surface area contributed by atoms with E-state index < -0.39 is 5.92 Å². The summed E-state index contributed by atoms with van der Waals surface area (Å²) >= 11 is 7.38. The fraction of sp³-hybridized carbons (Fsp3) is 0.292. The maximum absolute atomic E-state index is 13.2. The number of hydrogen-bond acceptors (Lipinski definition) is 6. The van der Waals surface area contributed by atoms with Gasteiger partial charge in [-0.1, -0.05) is 41.6 Å². The zero-order valence-electron chi connectivity index (χ0n) is 18.6. The number of nitrogens with zero attached hydrogens (tertiary/aromatic N) is 2. The Labute approximate surface area is 201 Å². The Morgan fingerprint density at radius 3 is 2.64 bits per heavy atom. The smallest absolute Gasteiger partial charge is 0.279 e. The number of carbonyl (C=O) groups is 1. The molecule has 0 aliphatic carbocycles. The van der Waals surface area contributed by atoms with Gasteiger partial charge in [0.15, 0.2) is 16.7 Å². The highest BCUT2D eigenvalue weighted by Gasteiger charge is 2.32. The number of rotatable bonds is 7. The van der Waals surface area contributed by atoms with Crippen molar-refractivity contribution in [3.8, 4) is 11.5 Å². The third-order valence-electron chi connectivity index (χ3n) is 5.47. The minimum Gasteiger partial charge on any atom is -0.493 e. The van der Waals surface area contributed by atoms with Crippen molar-refractivity contribution in [2.75, 3.05) is 19.0 Å². The first-order valence-electron chi connectivity index (χ1n) is 10.5. The first kappa shape index (κ1) is 23.2. The van der Waals surface area contributed by atoms with Gasteiger partial charge in [-0.25, -0.2) is 0 Å². The molecule has 1 amide bonds. The number of nitrogens with one attached hydrogen (secondary N) is 1. The molecule has 4 rings (SSSR count). The van der Waals surface area contributed by atoms with Crippen molar-refractivity contribution in [1.29, 1.82) is 0 Å². The summed E-state index contributed by atoms with van der Waals surface area (Å²) in [6, 6.07) is 13.0. The molecule has 1 aliphatic heterocycles. The monoisotopic (exact) mass is 485 g/mol. The minimum absolute atomic E-state index is 0.152. The second kappa shape index (κ2) is 9.89. The molecule has 2 aromatic carbocycles. The predicted octanol–water partition coefficient (Wildman–Crippen LogP) is 4.61. The van der Waals surface area contributed by atoms with E-state index in [0.717, 1.165) is 11.1 Å². The quantitative estimate of drug-likeness (QED) is 0.389. The molecule has 0 unspecified atom stereocenters. The molecule has 172 valence electrons. The third-order valence-corrected chi connectivity index (χ3v) is 6.82. The topological polar surface area (TPSA) is 82.5 Å². The Morgan fingerprint density at radius 1 is 1.18 bits per heavy atom. The summed E-state index contributed by atoms with van der Waals surface area (Å²) in [5.41, 5.74) is 1.98. The van der Waals surface area contributed by atoms with E-state index in [4.69, 9.17) is 21.1 Å². The Balaban J connectivity index is 1.71. The third kappa shape index (κ3) is 4.86. The summed E-state index contributed by atoms with van der Waals surface area (Å²) in [6.45, 7) is 2.36. The molecule has 3 aromatic rings. The summed E-state index contributed by atoms with van der Waals surface area (Å²) in [6.07, 6.45) is 0.152. The molecule has 0 spiro atoms. The first-order valence-corrected chi connectivity index (χ1v) is 11.9. The minimum atomic E-state index is -0.430. The van der Waals surface area contributed by atoms with Gasteiger partial charge >= 0.3 is 0 Å². The van der Waals surface area contributed by atoms with Crippen LogP contribution in [0.3, 0.4) is 0 Å². The van der Waals surface area contributed by atoms with Gasteiger partial charge in [0, 0.05) is 30.2 Å². The molecule has 0 saturated heterocycles. The summed E-state index contributed by atoms with van der Waals surface area (Å²) < 4.78 is 12.8. The molecule has 1 N–H and O–H groups in total. The van der Waals surface area contributed by atoms with Crippen LogP contribution in [0.1, 0.15) is 36.0 Å². The van der Waals surface area contributed by atoms with Gasteiger partial charge in [-0.3, -0.25) is 9.59 Å². The van der Waals surface area contributed by atoms with Crippen molar-refractivity contribution in [2.45, 2.75) is 30.2 Å². The molecule has 9 heteroatoms. The van der Waals surface area contributed by atoms with Gasteiger partial charge in [0.2, 0.25) is 5.91 Å². The average Bonchev–Trinajstić information content (AvgIpc) is 2.81. The lowest BCUT2D eigenvalue weighted by Gasteiger charge is -2.28. The van der Waals surface area contributed by atoms with Crippen LogP contribution in [0, 0.1) is 0 Å². The number of methoxy groups -OCH3 is 1. The number of benzene rings is 2. The van der Waals surface area contributed by atoms with E-state index >= 15 is 0 Å². The Bertz CT molecular complexity index is 1240. The largest absolute Gasteiger partial charge is 0.493 e. The van der Waals surface area contributed by atoms with E-state index in [9.17, 15) is 9.59 Å². The number of hydrogen-bond donors (Lipinski definition) is 1. The van der Waals surface area contributed by atoms with Crippen LogP contribution >= 0.6 is 23.4 Å². The number of anilines is 1. The molecule has 1 aliphatic rings. The van der Waals surface area contributed by atoms with Crippen LogP contribution < -0.4 is 20.3 Å². The maximum Gasteiger partial charge on any atom is 0.279 e. The summed E-state index contributed by atoms with van der Waals surface area (Å²) in [4.78, 5) is 30.1. The number of aromatic nitrogens is 2. The van der Waals surface area contributed by atoms with Crippen LogP contribution in [0.2, 0.25) is 5.02 Å². The molecule has 0 saturated carbocycles. The van der Waals surface area contributed by atoms with Crippen molar-refractivity contribution >= 4 is 35.1 Å². The number of carbonyl (C=O) groups excluding carboxylic acids is 1. The highest BCUT2D eigenvalue weighted by atomic mass is 35.5. The Morgan fingerprint density at radius 2 is 1.94 bits per heavy atom. The lowest BCUT2D eigenvalue weighted by atomic mass is 9.86. The van der Waals surface area contributed by atoms with Crippen LogP contribution in [0.25, 0.3) is 0 Å². The van der Waals surface area contributed by atoms with E-state index in [-0.39, 0.29) is 17.9 Å². The number of amides is 1. The van der Waals surface area contributed by atoms with Crippen LogP contribution in [-0.4, -0.2) is 29.2 Å². The lowest BCUT2D eigenvalue weighted by molar-refractivity contribution is -0.116. The molecule has 7 nitrogen and oxygen atoms in total. The molecule has 1 aromatic heterocycles. The zero-order valence-corrected chi connectivity index (χ0v) is 20.1. The van der Waals surface area contributed by atoms with E-state index in [1.54, 1.807) is 24.8 Å². The van der Waals surface area contributed by atoms with Crippen LogP contribution in [0.4, 0.5) is 5.82 Å². The highest BCUT2D eigenvalue weighted by Crippen LogP contribution is 2.39. The molecule has 33 heavy (non-hydrogen) atoms. The van der Waals surface area contributed by atoms with E-state index in [1.807, 2.05) is 43.3 Å². The van der Waals surface area contributed by atoms with E-state index in [2.05, 4.69) is 10.3 Å². The van der Waals surface area contributed by atoms with Gasteiger partial charge in [-0.15, -0.1) is 0 Å². The summed E-state index contributed by atoms with van der Waals surface area (Å²) in [7, 11) is 3.38. The zero-order chi connectivity index (χ0) is 23.5. The van der Waals surface area contributed by atoms with Crippen LogP contribution in [0.5, 0.6) is 11.5 Å². The lowest BCUT2D eigenvalue weighted by Crippen LogP contribution is -2.33. The van der Waals surface area contributed by atoms with Gasteiger partial charge < -0.3 is 19.4 Å². The fourth-order valence-electron chi connectivity index (χ4n) is 3.86. The van der Waals surface area contributed by atoms with Gasteiger partial charge in [0.25, 0.3) is 5.56 Å². The second-order valence-corrected chi connectivity index (χ2v) is 8.96. The van der Waals surface area contributed by atoms with E-state index in [1.165, 1.54) is 11.8 Å². The average molecular weight is 486 g/mol. The van der Waals surface area contributed by atoms with E-state index in [0.29, 0.717) is 45.4 Å². The van der Waals surface area contributed by atoms with Gasteiger partial charge in [-0.2, -0.15) is 4.98 Å². The highest BCUT2D eigenvalue weighted by molar-refractivity contribution is 7.98. The molecule has 2 heterocycles. The summed E-state index contributed by atoms with van der Waals surface area (Å²) in [5, 5.41) is 4.07. The van der Waals surface area contributed by atoms with Crippen LogP contribution in [-0.2, 0) is 17.6 Å².